The van der Waals surface area contributed by atoms with E-state index >= 15 is 0 Å². The van der Waals surface area contributed by atoms with Crippen molar-refractivity contribution < 1.29 is 0 Å². The van der Waals surface area contributed by atoms with Crippen molar-refractivity contribution in [1.82, 2.24) is 0 Å². The first-order chi connectivity index (χ1) is 7.85. The van der Waals surface area contributed by atoms with E-state index in [4.69, 9.17) is 5.26 Å². The van der Waals surface area contributed by atoms with Crippen LogP contribution in [0.3, 0.4) is 0 Å². The fourth-order valence-electron chi connectivity index (χ4n) is 1.64. The van der Waals surface area contributed by atoms with E-state index in [1.807, 2.05) is 36.4 Å². The van der Waals surface area contributed by atoms with Gasteiger partial charge < -0.3 is 0 Å². The van der Waals surface area contributed by atoms with Crippen LogP contribution in [0.4, 0.5) is 0 Å². The van der Waals surface area contributed by atoms with Gasteiger partial charge in [-0.25, -0.2) is 0 Å². The van der Waals surface area contributed by atoms with Gasteiger partial charge in [0.05, 0.1) is 11.6 Å². The van der Waals surface area contributed by atoms with Crippen LogP contribution in [0.25, 0.3) is 11.1 Å². The molecule has 0 fully saturated rings. The lowest BCUT2D eigenvalue weighted by atomic mass is 10.00. The lowest BCUT2D eigenvalue weighted by Gasteiger charge is -2.06. The van der Waals surface area contributed by atoms with Gasteiger partial charge in [-0.2, -0.15) is 5.26 Å². The average Bonchev–Trinajstić information content (AvgIpc) is 2.39. The van der Waals surface area contributed by atoms with Crippen molar-refractivity contribution in [3.63, 3.8) is 0 Å². The summed E-state index contributed by atoms with van der Waals surface area (Å²) in [4.78, 5) is 0. The molecule has 0 N–H and O–H groups in total. The van der Waals surface area contributed by atoms with Crippen molar-refractivity contribution in [3.05, 3.63) is 59.7 Å². The summed E-state index contributed by atoms with van der Waals surface area (Å²) in [5.74, 6) is 0. The summed E-state index contributed by atoms with van der Waals surface area (Å²) in [6, 6.07) is 18.0. The molecule has 0 bridgehead atoms. The van der Waals surface area contributed by atoms with Gasteiger partial charge in [-0.15, -0.1) is 0 Å². The number of hydrogen-bond acceptors (Lipinski definition) is 1. The predicted octanol–water partition coefficient (Wildman–Crippen LogP) is 4.12. The Morgan fingerprint density at radius 1 is 1.00 bits per heavy atom. The van der Waals surface area contributed by atoms with E-state index in [0.29, 0.717) is 5.56 Å². The summed E-state index contributed by atoms with van der Waals surface area (Å²) in [6.45, 7) is 0. The molecule has 2 aromatic rings. The van der Waals surface area contributed by atoms with Crippen molar-refractivity contribution in [1.29, 1.82) is 5.26 Å². The molecule has 2 rings (SSSR count). The Bertz CT molecular complexity index is 523. The highest BCUT2D eigenvalue weighted by atomic mass is 79.9. The maximum atomic E-state index is 8.74. The third-order valence-electron chi connectivity index (χ3n) is 2.49. The molecule has 0 unspecified atom stereocenters. The number of benzene rings is 2. The van der Waals surface area contributed by atoms with Gasteiger partial charge in [0.2, 0.25) is 0 Å². The highest BCUT2D eigenvalue weighted by Crippen LogP contribution is 2.25. The van der Waals surface area contributed by atoms with Crippen LogP contribution in [-0.2, 0) is 5.33 Å². The summed E-state index contributed by atoms with van der Waals surface area (Å²) < 4.78 is 0. The predicted molar refractivity (Wildman–Crippen MR) is 69.2 cm³/mol. The highest BCUT2D eigenvalue weighted by Gasteiger charge is 2.02. The molecule has 0 saturated heterocycles. The molecule has 2 heteroatoms. The molecular formula is C14H10BrN. The van der Waals surface area contributed by atoms with E-state index in [2.05, 4.69) is 34.1 Å². The number of halogens is 1. The molecule has 2 aromatic carbocycles. The van der Waals surface area contributed by atoms with Crippen molar-refractivity contribution in [2.45, 2.75) is 5.33 Å². The van der Waals surface area contributed by atoms with Crippen LogP contribution >= 0.6 is 15.9 Å². The average molecular weight is 272 g/mol. The van der Waals surface area contributed by atoms with Gasteiger partial charge in [0.15, 0.2) is 0 Å². The lowest BCUT2D eigenvalue weighted by Crippen LogP contribution is -1.85. The first kappa shape index (κ1) is 10.9. The van der Waals surface area contributed by atoms with Crippen LogP contribution in [0.1, 0.15) is 11.1 Å². The minimum Gasteiger partial charge on any atom is -0.192 e. The van der Waals surface area contributed by atoms with Crippen molar-refractivity contribution in [3.8, 4) is 17.2 Å². The van der Waals surface area contributed by atoms with Crippen LogP contribution in [0, 0.1) is 11.3 Å². The van der Waals surface area contributed by atoms with Gasteiger partial charge in [-0.05, 0) is 28.8 Å². The second kappa shape index (κ2) is 4.96. The molecule has 0 aliphatic heterocycles. The smallest absolute Gasteiger partial charge is 0.0991 e. The van der Waals surface area contributed by atoms with Gasteiger partial charge in [0.1, 0.15) is 0 Å². The summed E-state index contributed by atoms with van der Waals surface area (Å²) in [6.07, 6.45) is 0. The number of nitriles is 1. The van der Waals surface area contributed by atoms with Gasteiger partial charge in [0.25, 0.3) is 0 Å². The molecule has 0 aromatic heterocycles. The Balaban J connectivity index is 2.47. The van der Waals surface area contributed by atoms with Gasteiger partial charge in [-0.1, -0.05) is 52.3 Å². The van der Waals surface area contributed by atoms with E-state index in [1.54, 1.807) is 0 Å². The summed E-state index contributed by atoms with van der Waals surface area (Å²) in [5.41, 5.74) is 4.31. The second-order valence-electron chi connectivity index (χ2n) is 3.48. The molecule has 0 radical (unpaired) electrons. The molecule has 0 heterocycles. The molecule has 0 amide bonds. The highest BCUT2D eigenvalue weighted by molar-refractivity contribution is 9.08. The minimum absolute atomic E-state index is 0.695. The molecule has 0 saturated carbocycles. The van der Waals surface area contributed by atoms with E-state index in [0.717, 1.165) is 10.9 Å². The Morgan fingerprint density at radius 2 is 1.69 bits per heavy atom. The second-order valence-corrected chi connectivity index (χ2v) is 4.04. The molecule has 0 spiro atoms. The topological polar surface area (TPSA) is 23.8 Å². The quantitative estimate of drug-likeness (QED) is 0.754. The van der Waals surface area contributed by atoms with Crippen LogP contribution in [0.5, 0.6) is 0 Å². The molecule has 0 aliphatic carbocycles. The zero-order valence-electron chi connectivity index (χ0n) is 8.65. The maximum Gasteiger partial charge on any atom is 0.0991 e. The monoisotopic (exact) mass is 271 g/mol. The first-order valence-electron chi connectivity index (χ1n) is 4.99. The number of hydrogen-bond donors (Lipinski definition) is 0. The Kier molecular flexibility index (Phi) is 3.38. The Morgan fingerprint density at radius 3 is 2.31 bits per heavy atom. The molecule has 16 heavy (non-hydrogen) atoms. The summed E-state index contributed by atoms with van der Waals surface area (Å²) in [7, 11) is 0. The number of rotatable bonds is 2. The van der Waals surface area contributed by atoms with Crippen LogP contribution < -0.4 is 0 Å². The SMILES string of the molecule is N#Cc1ccc(-c2ccccc2CBr)cc1. The fourth-order valence-corrected chi connectivity index (χ4v) is 2.13. The zero-order chi connectivity index (χ0) is 11.4. The molecule has 0 atom stereocenters. The molecule has 78 valence electrons. The summed E-state index contributed by atoms with van der Waals surface area (Å²) in [5, 5.41) is 9.58. The van der Waals surface area contributed by atoms with Crippen LogP contribution in [0.2, 0.25) is 0 Å². The third kappa shape index (κ3) is 2.15. The zero-order valence-corrected chi connectivity index (χ0v) is 10.2. The van der Waals surface area contributed by atoms with Gasteiger partial charge in [0, 0.05) is 5.33 Å². The number of alkyl halides is 1. The molecule has 0 aliphatic rings. The van der Waals surface area contributed by atoms with Crippen molar-refractivity contribution in [2.75, 3.05) is 0 Å². The van der Waals surface area contributed by atoms with E-state index in [9.17, 15) is 0 Å². The summed E-state index contributed by atoms with van der Waals surface area (Å²) >= 11 is 3.48. The van der Waals surface area contributed by atoms with E-state index < -0.39 is 0 Å². The van der Waals surface area contributed by atoms with Crippen molar-refractivity contribution >= 4 is 15.9 Å². The minimum atomic E-state index is 0.695. The van der Waals surface area contributed by atoms with E-state index in [-0.39, 0.29) is 0 Å². The first-order valence-corrected chi connectivity index (χ1v) is 6.11. The largest absolute Gasteiger partial charge is 0.192 e. The lowest BCUT2D eigenvalue weighted by molar-refractivity contribution is 1.42. The molecule has 1 nitrogen and oxygen atoms in total. The normalized spacial score (nSPS) is 9.75. The Hall–Kier alpha value is -1.59. The van der Waals surface area contributed by atoms with Crippen LogP contribution in [0.15, 0.2) is 48.5 Å². The fraction of sp³-hybridized carbons (Fsp3) is 0.0714. The Labute approximate surface area is 103 Å². The van der Waals surface area contributed by atoms with Gasteiger partial charge in [-0.3, -0.25) is 0 Å². The third-order valence-corrected chi connectivity index (χ3v) is 3.09. The van der Waals surface area contributed by atoms with Gasteiger partial charge >= 0.3 is 0 Å². The van der Waals surface area contributed by atoms with E-state index in [1.165, 1.54) is 11.1 Å². The molecular weight excluding hydrogens is 262 g/mol. The number of nitrogens with zero attached hydrogens (tertiary/aromatic N) is 1. The maximum absolute atomic E-state index is 8.74. The van der Waals surface area contributed by atoms with Crippen molar-refractivity contribution in [2.24, 2.45) is 0 Å². The standard InChI is InChI=1S/C14H10BrN/c15-9-13-3-1-2-4-14(13)12-7-5-11(10-16)6-8-12/h1-8H,9H2. The van der Waals surface area contributed by atoms with Crippen LogP contribution in [-0.4, -0.2) is 0 Å².